The van der Waals surface area contributed by atoms with Gasteiger partial charge >= 0.3 is 12.1 Å². The molecule has 2 aromatic rings. The third kappa shape index (κ3) is 12.7. The monoisotopic (exact) mass is 652 g/mol. The average Bonchev–Trinajstić information content (AvgIpc) is 2.95. The van der Waals surface area contributed by atoms with Gasteiger partial charge in [0, 0.05) is 19.4 Å². The molecule has 4 amide bonds. The minimum absolute atomic E-state index is 0.108. The Balaban J connectivity index is 2.64. The van der Waals surface area contributed by atoms with Crippen molar-refractivity contribution in [2.24, 2.45) is 5.73 Å². The minimum Gasteiger partial charge on any atom is -0.458 e. The zero-order valence-corrected chi connectivity index (χ0v) is 29.3. The van der Waals surface area contributed by atoms with Gasteiger partial charge in [-0.1, -0.05) is 55.5 Å². The first-order chi connectivity index (χ1) is 21.8. The largest absolute Gasteiger partial charge is 0.458 e. The van der Waals surface area contributed by atoms with Crippen LogP contribution in [0.2, 0.25) is 0 Å². The summed E-state index contributed by atoms with van der Waals surface area (Å²) >= 11 is 0. The molecule has 0 aliphatic rings. The van der Waals surface area contributed by atoms with E-state index in [1.165, 1.54) is 4.90 Å². The van der Waals surface area contributed by atoms with Crippen molar-refractivity contribution in [2.45, 2.75) is 117 Å². The molecule has 0 saturated heterocycles. The average molecular weight is 653 g/mol. The van der Waals surface area contributed by atoms with Crippen molar-refractivity contribution in [3.8, 4) is 0 Å². The summed E-state index contributed by atoms with van der Waals surface area (Å²) in [7, 11) is 0. The summed E-state index contributed by atoms with van der Waals surface area (Å²) in [6.45, 7) is 16.1. The van der Waals surface area contributed by atoms with Crippen LogP contribution in [0, 0.1) is 13.8 Å². The lowest BCUT2D eigenvalue weighted by Gasteiger charge is -2.36. The molecule has 0 spiro atoms. The number of aryl methyl sites for hydroxylation is 1. The highest BCUT2D eigenvalue weighted by Gasteiger charge is 2.39. The Kier molecular flexibility index (Phi) is 14.0. The summed E-state index contributed by atoms with van der Waals surface area (Å²) in [5.41, 5.74) is 6.80. The quantitative estimate of drug-likeness (QED) is 0.247. The number of primary amides is 1. The van der Waals surface area contributed by atoms with Crippen LogP contribution in [0.4, 0.5) is 4.79 Å². The third-order valence-electron chi connectivity index (χ3n) is 7.21. The van der Waals surface area contributed by atoms with Gasteiger partial charge in [0.2, 0.25) is 17.7 Å². The first-order valence-corrected chi connectivity index (χ1v) is 16.0. The molecule has 11 nitrogen and oxygen atoms in total. The molecule has 0 aliphatic heterocycles. The zero-order chi connectivity index (χ0) is 35.5. The number of carbonyl (C=O) groups is 5. The fourth-order valence-electron chi connectivity index (χ4n) is 4.99. The molecule has 0 radical (unpaired) electrons. The molecular formula is C36H52N4O7. The molecule has 0 aliphatic carbocycles. The second kappa shape index (κ2) is 16.9. The lowest BCUT2D eigenvalue weighted by Crippen LogP contribution is -2.55. The second-order valence-corrected chi connectivity index (χ2v) is 13.7. The van der Waals surface area contributed by atoms with Crippen LogP contribution in [0.15, 0.2) is 48.5 Å². The Bertz CT molecular complexity index is 1400. The van der Waals surface area contributed by atoms with E-state index >= 15 is 0 Å². The smallest absolute Gasteiger partial charge is 0.408 e. The van der Waals surface area contributed by atoms with E-state index < -0.39 is 59.1 Å². The molecule has 2 aromatic carbocycles. The van der Waals surface area contributed by atoms with Gasteiger partial charge in [-0.3, -0.25) is 14.4 Å². The maximum absolute atomic E-state index is 14.5. The van der Waals surface area contributed by atoms with E-state index in [0.717, 1.165) is 16.7 Å². The zero-order valence-electron chi connectivity index (χ0n) is 29.3. The molecule has 3 unspecified atom stereocenters. The van der Waals surface area contributed by atoms with Crippen molar-refractivity contribution in [3.63, 3.8) is 0 Å². The number of carbonyl (C=O) groups excluding carboxylic acids is 5. The third-order valence-corrected chi connectivity index (χ3v) is 7.21. The van der Waals surface area contributed by atoms with Gasteiger partial charge in [0.05, 0.1) is 0 Å². The van der Waals surface area contributed by atoms with E-state index in [1.54, 1.807) is 53.7 Å². The number of alkyl carbamates (subject to hydrolysis) is 1. The SMILES string of the molecule is CCCN(C(=O)C(CCC(N)=O)NC(=O)OC(C)(C)C)C(C(=O)NC(Cc1ccccc1)C(=O)OC(C)(C)C)c1cccc(C)c1C. The lowest BCUT2D eigenvalue weighted by atomic mass is 9.94. The van der Waals surface area contributed by atoms with Crippen LogP contribution in [0.3, 0.4) is 0 Å². The van der Waals surface area contributed by atoms with Crippen molar-refractivity contribution < 1.29 is 33.4 Å². The van der Waals surface area contributed by atoms with Crippen molar-refractivity contribution in [3.05, 3.63) is 70.8 Å². The van der Waals surface area contributed by atoms with Crippen LogP contribution in [-0.2, 0) is 35.1 Å². The van der Waals surface area contributed by atoms with Crippen LogP contribution >= 0.6 is 0 Å². The Hall–Kier alpha value is -4.41. The van der Waals surface area contributed by atoms with Crippen molar-refractivity contribution in [1.29, 1.82) is 0 Å². The lowest BCUT2D eigenvalue weighted by molar-refractivity contribution is -0.159. The summed E-state index contributed by atoms with van der Waals surface area (Å²) in [4.78, 5) is 68.3. The standard InChI is InChI=1S/C36H52N4O7/c1-10-21-40(32(43)27(19-20-29(37)41)39-34(45)47-36(7,8)9)30(26-18-14-15-23(2)24(26)3)31(42)38-28(33(44)46-35(4,5)6)22-25-16-12-11-13-17-25/h11-18,27-28,30H,10,19-22H2,1-9H3,(H2,37,41)(H,38,42)(H,39,45). The van der Waals surface area contributed by atoms with Gasteiger partial charge in [0.15, 0.2) is 0 Å². The molecule has 0 bridgehead atoms. The van der Waals surface area contributed by atoms with Gasteiger partial charge in [-0.15, -0.1) is 0 Å². The Morgan fingerprint density at radius 3 is 2.00 bits per heavy atom. The highest BCUT2D eigenvalue weighted by atomic mass is 16.6. The number of nitrogens with two attached hydrogens (primary N) is 1. The number of esters is 1. The van der Waals surface area contributed by atoms with Gasteiger partial charge in [-0.25, -0.2) is 9.59 Å². The molecule has 0 aromatic heterocycles. The summed E-state index contributed by atoms with van der Waals surface area (Å²) in [5.74, 6) is -2.47. The van der Waals surface area contributed by atoms with E-state index in [-0.39, 0.29) is 25.8 Å². The molecule has 0 heterocycles. The number of rotatable bonds is 14. The first kappa shape index (κ1) is 38.8. The second-order valence-electron chi connectivity index (χ2n) is 13.7. The number of benzene rings is 2. The molecule has 2 rings (SSSR count). The topological polar surface area (TPSA) is 157 Å². The van der Waals surface area contributed by atoms with E-state index in [1.807, 2.05) is 57.2 Å². The van der Waals surface area contributed by atoms with Gasteiger partial charge in [-0.05, 0) is 90.5 Å². The molecule has 0 saturated carbocycles. The minimum atomic E-state index is -1.23. The van der Waals surface area contributed by atoms with Gasteiger partial charge in [0.25, 0.3) is 0 Å². The van der Waals surface area contributed by atoms with Crippen LogP contribution in [-0.4, -0.2) is 64.5 Å². The summed E-state index contributed by atoms with van der Waals surface area (Å²) in [6.07, 6.45) is -0.524. The highest BCUT2D eigenvalue weighted by molar-refractivity contribution is 5.94. The number of hydrogen-bond acceptors (Lipinski definition) is 7. The number of hydrogen-bond donors (Lipinski definition) is 3. The molecule has 47 heavy (non-hydrogen) atoms. The Morgan fingerprint density at radius 1 is 0.830 bits per heavy atom. The summed E-state index contributed by atoms with van der Waals surface area (Å²) in [5, 5.41) is 5.48. The summed E-state index contributed by atoms with van der Waals surface area (Å²) < 4.78 is 11.1. The van der Waals surface area contributed by atoms with E-state index in [9.17, 15) is 24.0 Å². The highest BCUT2D eigenvalue weighted by Crippen LogP contribution is 2.28. The molecule has 3 atom stereocenters. The molecule has 0 fully saturated rings. The molecular weight excluding hydrogens is 600 g/mol. The molecule has 11 heteroatoms. The van der Waals surface area contributed by atoms with Crippen LogP contribution in [0.1, 0.15) is 96.0 Å². The molecule has 4 N–H and O–H groups in total. The van der Waals surface area contributed by atoms with Crippen LogP contribution in [0.25, 0.3) is 0 Å². The van der Waals surface area contributed by atoms with Crippen LogP contribution in [0.5, 0.6) is 0 Å². The van der Waals surface area contributed by atoms with E-state index in [0.29, 0.717) is 12.0 Å². The Morgan fingerprint density at radius 2 is 1.45 bits per heavy atom. The fraction of sp³-hybridized carbons (Fsp3) is 0.528. The van der Waals surface area contributed by atoms with Crippen molar-refractivity contribution >= 4 is 29.8 Å². The van der Waals surface area contributed by atoms with Gasteiger partial charge in [0.1, 0.15) is 29.3 Å². The fourth-order valence-corrected chi connectivity index (χ4v) is 4.99. The predicted molar refractivity (Wildman–Crippen MR) is 180 cm³/mol. The maximum Gasteiger partial charge on any atom is 0.408 e. The van der Waals surface area contributed by atoms with Gasteiger partial charge in [-0.2, -0.15) is 0 Å². The normalized spacial score (nSPS) is 13.5. The molecule has 258 valence electrons. The van der Waals surface area contributed by atoms with E-state index in [2.05, 4.69) is 10.6 Å². The number of nitrogens with one attached hydrogen (secondary N) is 2. The van der Waals surface area contributed by atoms with Crippen molar-refractivity contribution in [1.82, 2.24) is 15.5 Å². The van der Waals surface area contributed by atoms with E-state index in [4.69, 9.17) is 15.2 Å². The number of nitrogens with zero attached hydrogens (tertiary/aromatic N) is 1. The number of amides is 4. The number of ether oxygens (including phenoxy) is 2. The Labute approximate surface area is 278 Å². The predicted octanol–water partition coefficient (Wildman–Crippen LogP) is 4.81. The summed E-state index contributed by atoms with van der Waals surface area (Å²) in [6, 6.07) is 11.2. The van der Waals surface area contributed by atoms with Crippen molar-refractivity contribution in [2.75, 3.05) is 6.54 Å². The first-order valence-electron chi connectivity index (χ1n) is 16.0. The van der Waals surface area contributed by atoms with Crippen LogP contribution < -0.4 is 16.4 Å². The maximum atomic E-state index is 14.5. The van der Waals surface area contributed by atoms with Gasteiger partial charge < -0.3 is 30.7 Å².